The highest BCUT2D eigenvalue weighted by Gasteiger charge is 2.23. The molecule has 0 bridgehead atoms. The largest absolute Gasteiger partial charge is 0.496 e. The molecule has 0 aromatic heterocycles. The van der Waals surface area contributed by atoms with Crippen LogP contribution in [0.15, 0.2) is 18.2 Å². The summed E-state index contributed by atoms with van der Waals surface area (Å²) in [6, 6.07) is 6.28. The Morgan fingerprint density at radius 2 is 1.81 bits per heavy atom. The number of methoxy groups -OCH3 is 2. The van der Waals surface area contributed by atoms with Gasteiger partial charge in [0, 0.05) is 17.0 Å². The fourth-order valence-corrected chi connectivity index (χ4v) is 4.42. The van der Waals surface area contributed by atoms with E-state index in [9.17, 15) is 0 Å². The first-order valence-corrected chi connectivity index (χ1v) is 8.90. The molecule has 1 N–H and O–H groups in total. The van der Waals surface area contributed by atoms with Gasteiger partial charge in [-0.05, 0) is 31.5 Å². The van der Waals surface area contributed by atoms with Crippen LogP contribution in [0, 0.1) is 0 Å². The minimum absolute atomic E-state index is 0.270. The SMILES string of the molecule is CCNC(CSC1CCCC1)c1c(OC)cccc1OC. The van der Waals surface area contributed by atoms with Crippen molar-refractivity contribution < 1.29 is 9.47 Å². The van der Waals surface area contributed by atoms with E-state index in [-0.39, 0.29) is 6.04 Å². The van der Waals surface area contributed by atoms with Crippen molar-refractivity contribution >= 4 is 11.8 Å². The van der Waals surface area contributed by atoms with Crippen LogP contribution in [0.25, 0.3) is 0 Å². The molecule has 1 aliphatic carbocycles. The molecule has 0 aliphatic heterocycles. The van der Waals surface area contributed by atoms with Crippen molar-refractivity contribution in [2.24, 2.45) is 0 Å². The van der Waals surface area contributed by atoms with Gasteiger partial charge < -0.3 is 14.8 Å². The third kappa shape index (κ3) is 4.30. The summed E-state index contributed by atoms with van der Waals surface area (Å²) in [5, 5.41) is 4.42. The predicted octanol–water partition coefficient (Wildman–Crippen LogP) is 4.03. The van der Waals surface area contributed by atoms with E-state index >= 15 is 0 Å². The zero-order chi connectivity index (χ0) is 15.1. The molecule has 0 saturated heterocycles. The van der Waals surface area contributed by atoms with Crippen molar-refractivity contribution in [3.8, 4) is 11.5 Å². The van der Waals surface area contributed by atoms with E-state index in [2.05, 4.69) is 24.0 Å². The average Bonchev–Trinajstić information content (AvgIpc) is 3.04. The van der Waals surface area contributed by atoms with Crippen molar-refractivity contribution in [2.45, 2.75) is 43.9 Å². The van der Waals surface area contributed by atoms with Gasteiger partial charge in [-0.3, -0.25) is 0 Å². The van der Waals surface area contributed by atoms with Crippen LogP contribution in [0.2, 0.25) is 0 Å². The number of nitrogens with one attached hydrogen (secondary N) is 1. The van der Waals surface area contributed by atoms with Gasteiger partial charge in [0.05, 0.1) is 19.8 Å². The first kappa shape index (κ1) is 16.5. The molecule has 4 heteroatoms. The normalized spacial score (nSPS) is 16.9. The van der Waals surface area contributed by atoms with Gasteiger partial charge in [-0.25, -0.2) is 0 Å². The van der Waals surface area contributed by atoms with Crippen LogP contribution in [0.4, 0.5) is 0 Å². The molecule has 1 atom stereocenters. The fourth-order valence-electron chi connectivity index (χ4n) is 3.00. The number of benzene rings is 1. The molecule has 1 aliphatic rings. The zero-order valence-corrected chi connectivity index (χ0v) is 14.2. The monoisotopic (exact) mass is 309 g/mol. The number of hydrogen-bond acceptors (Lipinski definition) is 4. The lowest BCUT2D eigenvalue weighted by Gasteiger charge is -2.24. The molecular formula is C17H27NO2S. The van der Waals surface area contributed by atoms with Gasteiger partial charge in [0.15, 0.2) is 0 Å². The lowest BCUT2D eigenvalue weighted by Crippen LogP contribution is -2.25. The molecule has 0 amide bonds. The molecular weight excluding hydrogens is 282 g/mol. The molecule has 1 aromatic carbocycles. The lowest BCUT2D eigenvalue weighted by atomic mass is 10.1. The Bertz CT molecular complexity index is 411. The molecule has 0 radical (unpaired) electrons. The van der Waals surface area contributed by atoms with Gasteiger partial charge in [0.25, 0.3) is 0 Å². The van der Waals surface area contributed by atoms with Crippen LogP contribution in [-0.4, -0.2) is 31.8 Å². The first-order chi connectivity index (χ1) is 10.3. The van der Waals surface area contributed by atoms with Gasteiger partial charge in [-0.15, -0.1) is 0 Å². The predicted molar refractivity (Wildman–Crippen MR) is 90.7 cm³/mol. The van der Waals surface area contributed by atoms with Gasteiger partial charge in [0.1, 0.15) is 11.5 Å². The summed E-state index contributed by atoms with van der Waals surface area (Å²) in [4.78, 5) is 0. The molecule has 1 fully saturated rings. The Hall–Kier alpha value is -0.870. The number of thioether (sulfide) groups is 1. The van der Waals surface area contributed by atoms with Crippen molar-refractivity contribution in [2.75, 3.05) is 26.5 Å². The van der Waals surface area contributed by atoms with Crippen LogP contribution in [0.3, 0.4) is 0 Å². The van der Waals surface area contributed by atoms with Crippen LogP contribution in [0.1, 0.15) is 44.2 Å². The second kappa shape index (κ2) is 8.54. The van der Waals surface area contributed by atoms with Crippen LogP contribution in [0.5, 0.6) is 11.5 Å². The number of rotatable bonds is 8. The van der Waals surface area contributed by atoms with E-state index < -0.39 is 0 Å². The quantitative estimate of drug-likeness (QED) is 0.785. The van der Waals surface area contributed by atoms with E-state index in [1.54, 1.807) is 14.2 Å². The third-order valence-electron chi connectivity index (χ3n) is 4.07. The maximum absolute atomic E-state index is 5.56. The highest BCUT2D eigenvalue weighted by molar-refractivity contribution is 7.99. The molecule has 1 aromatic rings. The second-order valence-corrected chi connectivity index (χ2v) is 6.76. The van der Waals surface area contributed by atoms with Gasteiger partial charge in [-0.1, -0.05) is 25.8 Å². The van der Waals surface area contributed by atoms with Crippen LogP contribution < -0.4 is 14.8 Å². The molecule has 1 saturated carbocycles. The Labute approximate surface area is 132 Å². The third-order valence-corrected chi connectivity index (χ3v) is 5.53. The molecule has 118 valence electrons. The molecule has 1 unspecified atom stereocenters. The summed E-state index contributed by atoms with van der Waals surface area (Å²) in [6.07, 6.45) is 5.52. The van der Waals surface area contributed by atoms with Crippen LogP contribution >= 0.6 is 11.8 Å². The summed E-state index contributed by atoms with van der Waals surface area (Å²) >= 11 is 2.09. The van der Waals surface area contributed by atoms with E-state index in [0.717, 1.165) is 34.6 Å². The minimum atomic E-state index is 0.270. The first-order valence-electron chi connectivity index (χ1n) is 7.86. The van der Waals surface area contributed by atoms with Crippen molar-refractivity contribution in [1.82, 2.24) is 5.32 Å². The van der Waals surface area contributed by atoms with Gasteiger partial charge in [0.2, 0.25) is 0 Å². The molecule has 3 nitrogen and oxygen atoms in total. The summed E-state index contributed by atoms with van der Waals surface area (Å²) in [7, 11) is 3.46. The van der Waals surface area contributed by atoms with E-state index in [0.29, 0.717) is 0 Å². The Morgan fingerprint density at radius 1 is 1.19 bits per heavy atom. The minimum Gasteiger partial charge on any atom is -0.496 e. The molecule has 21 heavy (non-hydrogen) atoms. The zero-order valence-electron chi connectivity index (χ0n) is 13.4. The highest BCUT2D eigenvalue weighted by Crippen LogP contribution is 2.38. The molecule has 0 heterocycles. The summed E-state index contributed by atoms with van der Waals surface area (Å²) in [6.45, 7) is 3.09. The summed E-state index contributed by atoms with van der Waals surface area (Å²) in [5.74, 6) is 2.88. The van der Waals surface area contributed by atoms with E-state index in [4.69, 9.17) is 9.47 Å². The number of hydrogen-bond donors (Lipinski definition) is 1. The molecule has 0 spiro atoms. The Kier molecular flexibility index (Phi) is 6.71. The van der Waals surface area contributed by atoms with Crippen molar-refractivity contribution in [3.05, 3.63) is 23.8 Å². The maximum atomic E-state index is 5.56. The number of ether oxygens (including phenoxy) is 2. The topological polar surface area (TPSA) is 30.5 Å². The fraction of sp³-hybridized carbons (Fsp3) is 0.647. The highest BCUT2D eigenvalue weighted by atomic mass is 32.2. The Morgan fingerprint density at radius 3 is 2.33 bits per heavy atom. The van der Waals surface area contributed by atoms with Crippen molar-refractivity contribution in [3.63, 3.8) is 0 Å². The average molecular weight is 309 g/mol. The van der Waals surface area contributed by atoms with Crippen LogP contribution in [-0.2, 0) is 0 Å². The standard InChI is InChI=1S/C17H27NO2S/c1-4-18-14(12-21-13-8-5-6-9-13)17-15(19-2)10-7-11-16(17)20-3/h7,10-11,13-14,18H,4-6,8-9,12H2,1-3H3. The maximum Gasteiger partial charge on any atom is 0.127 e. The Balaban J connectivity index is 2.15. The van der Waals surface area contributed by atoms with Gasteiger partial charge in [-0.2, -0.15) is 11.8 Å². The second-order valence-electron chi connectivity index (χ2n) is 5.43. The van der Waals surface area contributed by atoms with E-state index in [1.807, 2.05) is 18.2 Å². The lowest BCUT2D eigenvalue weighted by molar-refractivity contribution is 0.375. The van der Waals surface area contributed by atoms with E-state index in [1.165, 1.54) is 25.7 Å². The molecule has 2 rings (SSSR count). The summed E-state index contributed by atoms with van der Waals surface area (Å²) in [5.41, 5.74) is 1.15. The van der Waals surface area contributed by atoms with Crippen molar-refractivity contribution in [1.29, 1.82) is 0 Å². The van der Waals surface area contributed by atoms with Gasteiger partial charge >= 0.3 is 0 Å². The smallest absolute Gasteiger partial charge is 0.127 e. The summed E-state index contributed by atoms with van der Waals surface area (Å²) < 4.78 is 11.1.